The Balaban J connectivity index is 1.63. The number of fused-ring (bicyclic) bond motifs is 1. The Kier molecular flexibility index (Phi) is 3.76. The lowest BCUT2D eigenvalue weighted by Gasteiger charge is -2.12. The summed E-state index contributed by atoms with van der Waals surface area (Å²) < 4.78 is 10.7. The Bertz CT molecular complexity index is 898. The third kappa shape index (κ3) is 2.78. The van der Waals surface area contributed by atoms with Crippen LogP contribution in [0.4, 0.5) is 5.69 Å². The van der Waals surface area contributed by atoms with Crippen molar-refractivity contribution in [2.75, 3.05) is 11.8 Å². The number of ether oxygens (including phenoxy) is 2. The molecule has 2 aromatic carbocycles. The molecule has 0 radical (unpaired) electrons. The highest BCUT2D eigenvalue weighted by atomic mass is 16.7. The first-order valence-electron chi connectivity index (χ1n) is 8.26. The molecule has 0 aliphatic carbocycles. The number of anilines is 1. The van der Waals surface area contributed by atoms with Crippen LogP contribution in [0.15, 0.2) is 53.1 Å². The van der Waals surface area contributed by atoms with Crippen LogP contribution in [0.5, 0.6) is 11.5 Å². The molecule has 4 rings (SSSR count). The Labute approximate surface area is 146 Å². The molecule has 5 heteroatoms. The zero-order valence-electron chi connectivity index (χ0n) is 14.2. The van der Waals surface area contributed by atoms with Crippen LogP contribution in [0.3, 0.4) is 0 Å². The second-order valence-electron chi connectivity index (χ2n) is 5.99. The summed E-state index contributed by atoms with van der Waals surface area (Å²) in [5.74, 6) is 1.30. The summed E-state index contributed by atoms with van der Waals surface area (Å²) in [7, 11) is 0. The Morgan fingerprint density at radius 3 is 2.64 bits per heavy atom. The van der Waals surface area contributed by atoms with E-state index in [-0.39, 0.29) is 12.7 Å². The van der Waals surface area contributed by atoms with E-state index >= 15 is 0 Å². The Hall–Kier alpha value is -3.08. The van der Waals surface area contributed by atoms with Gasteiger partial charge in [-0.2, -0.15) is 10.1 Å². The van der Waals surface area contributed by atoms with Gasteiger partial charge in [-0.25, -0.2) is 0 Å². The summed E-state index contributed by atoms with van der Waals surface area (Å²) in [6.07, 6.45) is 2.80. The van der Waals surface area contributed by atoms with E-state index in [1.807, 2.05) is 55.5 Å². The average molecular weight is 334 g/mol. The van der Waals surface area contributed by atoms with Crippen molar-refractivity contribution in [3.8, 4) is 11.5 Å². The van der Waals surface area contributed by atoms with Gasteiger partial charge in [0.25, 0.3) is 5.91 Å². The summed E-state index contributed by atoms with van der Waals surface area (Å²) in [6, 6.07) is 13.5. The molecule has 5 nitrogen and oxygen atoms in total. The van der Waals surface area contributed by atoms with Gasteiger partial charge in [-0.15, -0.1) is 0 Å². The second-order valence-corrected chi connectivity index (χ2v) is 5.99. The third-order valence-electron chi connectivity index (χ3n) is 4.36. The van der Waals surface area contributed by atoms with Crippen molar-refractivity contribution in [3.63, 3.8) is 0 Å². The highest BCUT2D eigenvalue weighted by molar-refractivity contribution is 6.32. The predicted octanol–water partition coefficient (Wildman–Crippen LogP) is 3.78. The summed E-state index contributed by atoms with van der Waals surface area (Å²) in [5.41, 5.74) is 4.16. The molecule has 0 bridgehead atoms. The molecule has 0 atom stereocenters. The van der Waals surface area contributed by atoms with E-state index < -0.39 is 0 Å². The molecule has 2 aliphatic rings. The van der Waals surface area contributed by atoms with E-state index in [2.05, 4.69) is 12.0 Å². The van der Waals surface area contributed by atoms with Gasteiger partial charge >= 0.3 is 0 Å². The standard InChI is InChI=1S/C20H18N2O3/c1-3-14-4-7-16(8-5-14)22-20(23)17(13(2)21-22)10-15-6-9-18-19(11-15)25-12-24-18/h4-11H,3,12H2,1-2H3/b17-10-. The fourth-order valence-corrected chi connectivity index (χ4v) is 2.90. The number of carbonyl (C=O) groups is 1. The second kappa shape index (κ2) is 6.09. The first-order valence-corrected chi connectivity index (χ1v) is 8.26. The van der Waals surface area contributed by atoms with Crippen molar-refractivity contribution in [2.45, 2.75) is 20.3 Å². The monoisotopic (exact) mass is 334 g/mol. The Morgan fingerprint density at radius 2 is 1.88 bits per heavy atom. The van der Waals surface area contributed by atoms with E-state index in [4.69, 9.17) is 9.47 Å². The van der Waals surface area contributed by atoms with Crippen molar-refractivity contribution < 1.29 is 14.3 Å². The van der Waals surface area contributed by atoms with Crippen molar-refractivity contribution in [1.82, 2.24) is 0 Å². The van der Waals surface area contributed by atoms with Gasteiger partial charge in [0, 0.05) is 0 Å². The lowest BCUT2D eigenvalue weighted by Crippen LogP contribution is -2.21. The van der Waals surface area contributed by atoms with Crippen LogP contribution in [0.25, 0.3) is 6.08 Å². The molecule has 0 unspecified atom stereocenters. The van der Waals surface area contributed by atoms with Gasteiger partial charge in [0.1, 0.15) is 0 Å². The van der Waals surface area contributed by atoms with Gasteiger partial charge in [-0.3, -0.25) is 4.79 Å². The molecule has 0 aromatic heterocycles. The van der Waals surface area contributed by atoms with Crippen molar-refractivity contribution in [2.24, 2.45) is 5.10 Å². The smallest absolute Gasteiger partial charge is 0.280 e. The van der Waals surface area contributed by atoms with E-state index in [1.165, 1.54) is 10.6 Å². The number of hydrogen-bond acceptors (Lipinski definition) is 4. The molecule has 2 aromatic rings. The SMILES string of the molecule is CCc1ccc(N2N=C(C)/C(=C/c3ccc4c(c3)OCO4)C2=O)cc1. The van der Waals surface area contributed by atoms with E-state index in [1.54, 1.807) is 0 Å². The minimum Gasteiger partial charge on any atom is -0.454 e. The number of amides is 1. The maximum absolute atomic E-state index is 12.8. The van der Waals surface area contributed by atoms with Crippen LogP contribution in [-0.4, -0.2) is 18.4 Å². The number of nitrogens with zero attached hydrogens (tertiary/aromatic N) is 2. The average Bonchev–Trinajstić information content (AvgIpc) is 3.21. The summed E-state index contributed by atoms with van der Waals surface area (Å²) in [4.78, 5) is 12.8. The van der Waals surface area contributed by atoms with Crippen LogP contribution < -0.4 is 14.5 Å². The first-order chi connectivity index (χ1) is 12.2. The van der Waals surface area contributed by atoms with Crippen LogP contribution >= 0.6 is 0 Å². The minimum atomic E-state index is -0.126. The fraction of sp³-hybridized carbons (Fsp3) is 0.200. The zero-order valence-corrected chi connectivity index (χ0v) is 14.2. The third-order valence-corrected chi connectivity index (χ3v) is 4.36. The van der Waals surface area contributed by atoms with Gasteiger partial charge in [0.2, 0.25) is 6.79 Å². The minimum absolute atomic E-state index is 0.126. The maximum atomic E-state index is 12.8. The van der Waals surface area contributed by atoms with Gasteiger partial charge in [-0.05, 0) is 54.8 Å². The van der Waals surface area contributed by atoms with Crippen molar-refractivity contribution in [1.29, 1.82) is 0 Å². The number of hydrazone groups is 1. The highest BCUT2D eigenvalue weighted by Gasteiger charge is 2.28. The quantitative estimate of drug-likeness (QED) is 0.803. The number of aryl methyl sites for hydroxylation is 1. The lowest BCUT2D eigenvalue weighted by atomic mass is 10.1. The number of benzene rings is 2. The number of rotatable bonds is 3. The van der Waals surface area contributed by atoms with Crippen LogP contribution in [-0.2, 0) is 11.2 Å². The summed E-state index contributed by atoms with van der Waals surface area (Å²) >= 11 is 0. The Morgan fingerprint density at radius 1 is 1.12 bits per heavy atom. The molecule has 2 aliphatic heterocycles. The fourth-order valence-electron chi connectivity index (χ4n) is 2.90. The molecule has 1 amide bonds. The highest BCUT2D eigenvalue weighted by Crippen LogP contribution is 2.34. The van der Waals surface area contributed by atoms with Crippen LogP contribution in [0.2, 0.25) is 0 Å². The zero-order chi connectivity index (χ0) is 17.4. The van der Waals surface area contributed by atoms with Gasteiger partial charge in [0.15, 0.2) is 11.5 Å². The van der Waals surface area contributed by atoms with Crippen molar-refractivity contribution >= 4 is 23.4 Å². The van der Waals surface area contributed by atoms with Gasteiger partial charge in [-0.1, -0.05) is 25.1 Å². The summed E-state index contributed by atoms with van der Waals surface area (Å²) in [6.45, 7) is 4.18. The molecule has 0 spiro atoms. The lowest BCUT2D eigenvalue weighted by molar-refractivity contribution is -0.114. The molecule has 2 heterocycles. The van der Waals surface area contributed by atoms with E-state index in [0.717, 1.165) is 23.4 Å². The maximum Gasteiger partial charge on any atom is 0.280 e. The van der Waals surface area contributed by atoms with Gasteiger partial charge < -0.3 is 9.47 Å². The molecule has 0 N–H and O–H groups in total. The molecular weight excluding hydrogens is 316 g/mol. The molecule has 126 valence electrons. The topological polar surface area (TPSA) is 51.1 Å². The van der Waals surface area contributed by atoms with E-state index in [9.17, 15) is 4.79 Å². The van der Waals surface area contributed by atoms with E-state index in [0.29, 0.717) is 17.0 Å². The predicted molar refractivity (Wildman–Crippen MR) is 97.0 cm³/mol. The number of hydrogen-bond donors (Lipinski definition) is 0. The number of carbonyl (C=O) groups excluding carboxylic acids is 1. The van der Waals surface area contributed by atoms with Crippen LogP contribution in [0, 0.1) is 0 Å². The summed E-state index contributed by atoms with van der Waals surface area (Å²) in [5, 5.41) is 5.87. The molecular formula is C20H18N2O3. The van der Waals surface area contributed by atoms with Crippen molar-refractivity contribution in [3.05, 3.63) is 59.2 Å². The molecule has 0 fully saturated rings. The van der Waals surface area contributed by atoms with Crippen LogP contribution in [0.1, 0.15) is 25.0 Å². The molecule has 0 saturated heterocycles. The van der Waals surface area contributed by atoms with Gasteiger partial charge in [0.05, 0.1) is 17.0 Å². The first kappa shape index (κ1) is 15.4. The normalized spacial score (nSPS) is 17.4. The molecule has 0 saturated carbocycles. The largest absolute Gasteiger partial charge is 0.454 e. The molecule has 25 heavy (non-hydrogen) atoms.